The molecule has 0 unspecified atom stereocenters. The van der Waals surface area contributed by atoms with Crippen molar-refractivity contribution in [3.63, 3.8) is 0 Å². The van der Waals surface area contributed by atoms with Crippen LogP contribution in [-0.4, -0.2) is 49.4 Å². The van der Waals surface area contributed by atoms with Crippen molar-refractivity contribution in [1.29, 1.82) is 0 Å². The Labute approximate surface area is 172 Å². The van der Waals surface area contributed by atoms with Crippen LogP contribution in [0.2, 0.25) is 5.02 Å². The Morgan fingerprint density at radius 1 is 1.21 bits per heavy atom. The number of hydrogen-bond donors (Lipinski definition) is 0. The lowest BCUT2D eigenvalue weighted by Gasteiger charge is -2.25. The highest BCUT2D eigenvalue weighted by Gasteiger charge is 2.49. The van der Waals surface area contributed by atoms with Crippen LogP contribution in [0.25, 0.3) is 0 Å². The van der Waals surface area contributed by atoms with Crippen LogP contribution in [0, 0.1) is 0 Å². The van der Waals surface area contributed by atoms with E-state index in [1.807, 2.05) is 11.0 Å². The van der Waals surface area contributed by atoms with E-state index in [-0.39, 0.29) is 28.7 Å². The number of benzene rings is 2. The molecule has 2 heterocycles. The minimum Gasteiger partial charge on any atom is -0.495 e. The molecule has 2 fully saturated rings. The Kier molecular flexibility index (Phi) is 5.11. The predicted molar refractivity (Wildman–Crippen MR) is 113 cm³/mol. The van der Waals surface area contributed by atoms with E-state index in [1.165, 1.54) is 18.9 Å². The molecule has 0 aliphatic carbocycles. The van der Waals surface area contributed by atoms with E-state index in [0.29, 0.717) is 27.2 Å². The summed E-state index contributed by atoms with van der Waals surface area (Å²) < 4.78 is 29.5. The normalized spacial score (nSPS) is 24.4. The first-order chi connectivity index (χ1) is 13.4. The highest BCUT2D eigenvalue weighted by atomic mass is 35.5. The first-order valence-electron chi connectivity index (χ1n) is 8.56. The fourth-order valence-corrected chi connectivity index (χ4v) is 7.57. The van der Waals surface area contributed by atoms with Gasteiger partial charge in [-0.25, -0.2) is 8.42 Å². The zero-order chi connectivity index (χ0) is 19.9. The summed E-state index contributed by atoms with van der Waals surface area (Å²) in [6.07, 6.45) is 0. The van der Waals surface area contributed by atoms with Crippen LogP contribution < -0.4 is 9.64 Å². The molecule has 0 bridgehead atoms. The van der Waals surface area contributed by atoms with Gasteiger partial charge in [0.15, 0.2) is 15.0 Å². The fourth-order valence-electron chi connectivity index (χ4n) is 3.40. The summed E-state index contributed by atoms with van der Waals surface area (Å²) in [6.45, 7) is 0. The molecule has 0 radical (unpaired) electrons. The number of sulfone groups is 1. The molecule has 2 aliphatic rings. The van der Waals surface area contributed by atoms with E-state index >= 15 is 0 Å². The van der Waals surface area contributed by atoms with Gasteiger partial charge in [-0.1, -0.05) is 41.6 Å². The van der Waals surface area contributed by atoms with Crippen molar-refractivity contribution in [2.75, 3.05) is 23.5 Å². The zero-order valence-corrected chi connectivity index (χ0v) is 17.3. The number of fused-ring (bicyclic) bond motifs is 1. The molecule has 6 nitrogen and oxygen atoms in total. The van der Waals surface area contributed by atoms with Crippen LogP contribution in [0.15, 0.2) is 53.5 Å². The number of carbonyl (C=O) groups excluding carboxylic acids is 1. The van der Waals surface area contributed by atoms with E-state index < -0.39 is 9.84 Å². The van der Waals surface area contributed by atoms with Gasteiger partial charge in [-0.15, -0.1) is 0 Å². The number of methoxy groups -OCH3 is 1. The van der Waals surface area contributed by atoms with Gasteiger partial charge in [0.2, 0.25) is 0 Å². The van der Waals surface area contributed by atoms with Gasteiger partial charge in [0.1, 0.15) is 5.75 Å². The lowest BCUT2D eigenvalue weighted by molar-refractivity contribution is 0.100. The topological polar surface area (TPSA) is 76.0 Å². The number of amides is 1. The Hall–Kier alpha value is -2.03. The maximum atomic E-state index is 12.6. The van der Waals surface area contributed by atoms with Gasteiger partial charge >= 0.3 is 0 Å². The lowest BCUT2D eigenvalue weighted by atomic mass is 10.2. The largest absolute Gasteiger partial charge is 0.495 e. The average molecular weight is 437 g/mol. The van der Waals surface area contributed by atoms with Crippen molar-refractivity contribution >= 4 is 50.0 Å². The molecule has 2 saturated heterocycles. The molecule has 4 rings (SSSR count). The number of anilines is 1. The van der Waals surface area contributed by atoms with Crippen LogP contribution in [-0.2, 0) is 9.84 Å². The molecule has 2 atom stereocenters. The standard InChI is InChI=1S/C19H17ClN2O4S2/c1-26-16-8-7-13(9-14(16)20)22-15-10-28(24,25)11-17(15)27-19(22)21-18(23)12-5-3-2-4-6-12/h2-9,15,17H,10-11H2,1H3/t15-,17+/m1/s1. The van der Waals surface area contributed by atoms with Crippen molar-refractivity contribution in [3.05, 3.63) is 59.1 Å². The van der Waals surface area contributed by atoms with E-state index in [4.69, 9.17) is 16.3 Å². The van der Waals surface area contributed by atoms with Gasteiger partial charge in [0.05, 0.1) is 29.7 Å². The first kappa shape index (κ1) is 19.3. The Morgan fingerprint density at radius 3 is 2.64 bits per heavy atom. The fraction of sp³-hybridized carbons (Fsp3) is 0.263. The van der Waals surface area contributed by atoms with Crippen molar-refractivity contribution < 1.29 is 17.9 Å². The molecule has 2 aliphatic heterocycles. The Morgan fingerprint density at radius 2 is 1.96 bits per heavy atom. The van der Waals surface area contributed by atoms with Gasteiger partial charge < -0.3 is 9.64 Å². The number of halogens is 1. The molecule has 1 amide bonds. The van der Waals surface area contributed by atoms with E-state index in [1.54, 1.807) is 42.5 Å². The number of amidine groups is 1. The number of carbonyl (C=O) groups is 1. The number of thioether (sulfide) groups is 1. The number of rotatable bonds is 3. The number of ether oxygens (including phenoxy) is 1. The van der Waals surface area contributed by atoms with Crippen LogP contribution in [0.3, 0.4) is 0 Å². The molecule has 146 valence electrons. The second-order valence-corrected chi connectivity index (χ2v) is 10.3. The summed E-state index contributed by atoms with van der Waals surface area (Å²) in [4.78, 5) is 18.7. The molecule has 0 N–H and O–H groups in total. The minimum absolute atomic E-state index is 0.0207. The van der Waals surface area contributed by atoms with Crippen LogP contribution >= 0.6 is 23.4 Å². The van der Waals surface area contributed by atoms with E-state index in [0.717, 1.165) is 0 Å². The third-order valence-electron chi connectivity index (χ3n) is 4.70. The molecule has 2 aromatic carbocycles. The summed E-state index contributed by atoms with van der Waals surface area (Å²) >= 11 is 7.60. The lowest BCUT2D eigenvalue weighted by Crippen LogP contribution is -2.37. The molecule has 0 spiro atoms. The number of hydrogen-bond acceptors (Lipinski definition) is 5. The van der Waals surface area contributed by atoms with Gasteiger partial charge in [-0.05, 0) is 30.3 Å². The molecular weight excluding hydrogens is 420 g/mol. The predicted octanol–water partition coefficient (Wildman–Crippen LogP) is 3.26. The molecular formula is C19H17ClN2O4S2. The molecule has 28 heavy (non-hydrogen) atoms. The van der Waals surface area contributed by atoms with Gasteiger partial charge in [0.25, 0.3) is 5.91 Å². The summed E-state index contributed by atoms with van der Waals surface area (Å²) in [6, 6.07) is 13.7. The summed E-state index contributed by atoms with van der Waals surface area (Å²) in [7, 11) is -1.61. The Balaban J connectivity index is 1.74. The summed E-state index contributed by atoms with van der Waals surface area (Å²) in [5.74, 6) is 0.246. The maximum Gasteiger partial charge on any atom is 0.279 e. The molecule has 0 saturated carbocycles. The third-order valence-corrected chi connectivity index (χ3v) is 8.20. The van der Waals surface area contributed by atoms with Crippen molar-refractivity contribution in [3.8, 4) is 5.75 Å². The SMILES string of the molecule is COc1ccc(N2C(=NC(=O)c3ccccc3)S[C@H]3CS(=O)(=O)C[C@H]32)cc1Cl. The van der Waals surface area contributed by atoms with Gasteiger partial charge in [0, 0.05) is 16.5 Å². The monoisotopic (exact) mass is 436 g/mol. The zero-order valence-electron chi connectivity index (χ0n) is 14.9. The first-order valence-corrected chi connectivity index (χ1v) is 11.6. The highest BCUT2D eigenvalue weighted by Crippen LogP contribution is 2.42. The molecule has 0 aromatic heterocycles. The van der Waals surface area contributed by atoms with E-state index in [2.05, 4.69) is 4.99 Å². The van der Waals surface area contributed by atoms with Crippen LogP contribution in [0.4, 0.5) is 5.69 Å². The Bertz CT molecular complexity index is 1060. The molecule has 2 aromatic rings. The van der Waals surface area contributed by atoms with Crippen LogP contribution in [0.5, 0.6) is 5.75 Å². The van der Waals surface area contributed by atoms with Gasteiger partial charge in [-0.3, -0.25) is 4.79 Å². The number of aliphatic imine (C=N–C) groups is 1. The van der Waals surface area contributed by atoms with E-state index in [9.17, 15) is 13.2 Å². The maximum absolute atomic E-state index is 12.6. The second-order valence-electron chi connectivity index (χ2n) is 6.55. The third kappa shape index (κ3) is 3.64. The van der Waals surface area contributed by atoms with Gasteiger partial charge in [-0.2, -0.15) is 4.99 Å². The second kappa shape index (κ2) is 7.42. The minimum atomic E-state index is -3.13. The number of nitrogens with zero attached hydrogens (tertiary/aromatic N) is 2. The summed E-state index contributed by atoms with van der Waals surface area (Å²) in [5.41, 5.74) is 1.16. The smallest absolute Gasteiger partial charge is 0.279 e. The quantitative estimate of drug-likeness (QED) is 0.735. The average Bonchev–Trinajstić information content (AvgIpc) is 3.13. The summed E-state index contributed by atoms with van der Waals surface area (Å²) in [5, 5.41) is 0.719. The van der Waals surface area contributed by atoms with Crippen LogP contribution in [0.1, 0.15) is 10.4 Å². The molecule has 9 heteroatoms. The van der Waals surface area contributed by atoms with Crippen molar-refractivity contribution in [2.24, 2.45) is 4.99 Å². The van der Waals surface area contributed by atoms with Crippen molar-refractivity contribution in [1.82, 2.24) is 0 Å². The van der Waals surface area contributed by atoms with Crippen molar-refractivity contribution in [2.45, 2.75) is 11.3 Å². The highest BCUT2D eigenvalue weighted by molar-refractivity contribution is 8.16.